The molecule has 0 spiro atoms. The average molecular weight is 448 g/mol. The molecule has 0 bridgehead atoms. The van der Waals surface area contributed by atoms with Crippen LogP contribution in [0.1, 0.15) is 53.5 Å². The van der Waals surface area contributed by atoms with Gasteiger partial charge in [0.25, 0.3) is 0 Å². The Morgan fingerprint density at radius 2 is 1.90 bits per heavy atom. The van der Waals surface area contributed by atoms with Crippen LogP contribution in [0.3, 0.4) is 0 Å². The number of rotatable bonds is 3. The van der Waals surface area contributed by atoms with E-state index in [0.29, 0.717) is 11.3 Å². The van der Waals surface area contributed by atoms with Gasteiger partial charge in [-0.1, -0.05) is 0 Å². The van der Waals surface area contributed by atoms with Crippen LogP contribution in [-0.4, -0.2) is 57.2 Å². The third-order valence-electron chi connectivity index (χ3n) is 5.48. The maximum atomic E-state index is 12.8. The summed E-state index contributed by atoms with van der Waals surface area (Å²) in [6.07, 6.45) is 1.70. The van der Waals surface area contributed by atoms with Gasteiger partial charge in [-0.05, 0) is 71.8 Å². The van der Waals surface area contributed by atoms with E-state index >= 15 is 0 Å². The molecule has 0 radical (unpaired) electrons. The second-order valence-corrected chi connectivity index (χ2v) is 9.84. The van der Waals surface area contributed by atoms with Crippen molar-refractivity contribution in [1.29, 1.82) is 0 Å². The normalized spacial score (nSPS) is 15.4. The lowest BCUT2D eigenvalue weighted by atomic mass is 10.0. The number of likely N-dealkylation sites (tertiary alicyclic amines) is 1. The van der Waals surface area contributed by atoms with E-state index in [1.807, 2.05) is 20.9 Å². The summed E-state index contributed by atoms with van der Waals surface area (Å²) in [5.41, 5.74) is 1.72. The fraction of sp³-hybridized carbons (Fsp3) is 0.591. The number of nitrogens with one attached hydrogen (secondary N) is 2. The van der Waals surface area contributed by atoms with E-state index in [-0.39, 0.29) is 23.7 Å². The van der Waals surface area contributed by atoms with Crippen LogP contribution in [0.15, 0.2) is 27.4 Å². The van der Waals surface area contributed by atoms with Crippen molar-refractivity contribution in [2.24, 2.45) is 0 Å². The topological polar surface area (TPSA) is 82.8 Å². The number of carbonyl (C=O) groups is 1. The number of aromatic nitrogens is 1. The Morgan fingerprint density at radius 1 is 1.26 bits per heavy atom. The number of carbonyl (C=O) groups excluding carboxylic acids is 1. The molecular formula is C22H33N5O3S. The molecule has 1 aliphatic rings. The number of oxazole rings is 1. The van der Waals surface area contributed by atoms with Crippen molar-refractivity contribution >= 4 is 40.1 Å². The molecule has 2 N–H and O–H groups in total. The average Bonchev–Trinajstić information content (AvgIpc) is 3.01. The Labute approximate surface area is 188 Å². The Morgan fingerprint density at radius 3 is 2.48 bits per heavy atom. The molecule has 0 saturated carbocycles. The van der Waals surface area contributed by atoms with Gasteiger partial charge in [0.2, 0.25) is 0 Å². The van der Waals surface area contributed by atoms with Gasteiger partial charge in [0, 0.05) is 49.5 Å². The van der Waals surface area contributed by atoms with E-state index in [0.717, 1.165) is 36.6 Å². The Hall–Kier alpha value is -2.55. The molecule has 0 atom stereocenters. The summed E-state index contributed by atoms with van der Waals surface area (Å²) >= 11 is 5.52. The van der Waals surface area contributed by atoms with Gasteiger partial charge < -0.3 is 24.9 Å². The molecule has 0 aliphatic carbocycles. The molecular weight excluding hydrogens is 414 g/mol. The van der Waals surface area contributed by atoms with Gasteiger partial charge in [-0.15, -0.1) is 0 Å². The number of fused-ring (bicyclic) bond motifs is 1. The van der Waals surface area contributed by atoms with Crippen LogP contribution in [0.2, 0.25) is 0 Å². The van der Waals surface area contributed by atoms with Crippen LogP contribution >= 0.6 is 12.2 Å². The predicted molar refractivity (Wildman–Crippen MR) is 128 cm³/mol. The van der Waals surface area contributed by atoms with E-state index in [4.69, 9.17) is 16.6 Å². The summed E-state index contributed by atoms with van der Waals surface area (Å²) in [7, 11) is 1.81. The van der Waals surface area contributed by atoms with Crippen molar-refractivity contribution in [3.05, 3.63) is 28.7 Å². The number of benzene rings is 1. The Balaban J connectivity index is 1.60. The second-order valence-electron chi connectivity index (χ2n) is 9.45. The maximum Gasteiger partial charge on any atom is 0.420 e. The molecule has 1 aromatic heterocycles. The van der Waals surface area contributed by atoms with Crippen LogP contribution in [-0.2, 0) is 0 Å². The van der Waals surface area contributed by atoms with Crippen LogP contribution in [0.5, 0.6) is 0 Å². The van der Waals surface area contributed by atoms with E-state index < -0.39 is 5.76 Å². The molecule has 0 unspecified atom stereocenters. The third-order valence-corrected chi connectivity index (χ3v) is 5.84. The lowest BCUT2D eigenvalue weighted by Gasteiger charge is -2.39. The van der Waals surface area contributed by atoms with Crippen LogP contribution < -0.4 is 16.4 Å². The standard InChI is InChI=1S/C22H33N5O3S/c1-14(2)27-17-8-7-15(13-18(17)30-21(27)29)23-19(28)25(6)16-9-11-26(12-10-16)20(31)24-22(3,4)5/h7-8,13-14,16H,9-12H2,1-6H3,(H,23,28)(H,24,31). The molecule has 2 amide bonds. The monoisotopic (exact) mass is 447 g/mol. The SMILES string of the molecule is CC(C)n1c(=O)oc2cc(NC(=O)N(C)C3CCN(C(=S)NC(C)(C)C)CC3)ccc21. The summed E-state index contributed by atoms with van der Waals surface area (Å²) in [6, 6.07) is 5.24. The van der Waals surface area contributed by atoms with Crippen LogP contribution in [0, 0.1) is 0 Å². The smallest absolute Gasteiger partial charge is 0.408 e. The van der Waals surface area contributed by atoms with Crippen molar-refractivity contribution in [3.8, 4) is 0 Å². The fourth-order valence-electron chi connectivity index (χ4n) is 3.84. The lowest BCUT2D eigenvalue weighted by Crippen LogP contribution is -2.53. The largest absolute Gasteiger partial charge is 0.420 e. The molecule has 2 heterocycles. The number of hydrogen-bond acceptors (Lipinski definition) is 4. The van der Waals surface area contributed by atoms with Gasteiger partial charge in [-0.3, -0.25) is 4.57 Å². The zero-order valence-electron chi connectivity index (χ0n) is 19.2. The first kappa shape index (κ1) is 23.1. The van der Waals surface area contributed by atoms with Crippen molar-refractivity contribution in [2.45, 2.75) is 65.1 Å². The Kier molecular flexibility index (Phi) is 6.64. The minimum atomic E-state index is -0.392. The first-order valence-corrected chi connectivity index (χ1v) is 11.1. The summed E-state index contributed by atoms with van der Waals surface area (Å²) in [5, 5.41) is 7.03. The zero-order chi connectivity index (χ0) is 22.9. The molecule has 8 nitrogen and oxygen atoms in total. The van der Waals surface area contributed by atoms with Gasteiger partial charge in [-0.2, -0.15) is 0 Å². The summed E-state index contributed by atoms with van der Waals surface area (Å²) in [6.45, 7) is 11.7. The number of hydrogen-bond donors (Lipinski definition) is 2. The number of piperidine rings is 1. The molecule has 2 aromatic rings. The minimum absolute atomic E-state index is 0.00216. The van der Waals surface area contributed by atoms with Crippen molar-refractivity contribution < 1.29 is 9.21 Å². The maximum absolute atomic E-state index is 12.8. The van der Waals surface area contributed by atoms with E-state index in [1.54, 1.807) is 27.7 Å². The quantitative estimate of drug-likeness (QED) is 0.697. The zero-order valence-corrected chi connectivity index (χ0v) is 20.0. The summed E-state index contributed by atoms with van der Waals surface area (Å²) in [4.78, 5) is 28.8. The fourth-order valence-corrected chi connectivity index (χ4v) is 4.33. The highest BCUT2D eigenvalue weighted by atomic mass is 32.1. The molecule has 1 saturated heterocycles. The first-order chi connectivity index (χ1) is 14.5. The molecule has 3 rings (SSSR count). The summed E-state index contributed by atoms with van der Waals surface area (Å²) in [5.74, 6) is -0.392. The van der Waals surface area contributed by atoms with Gasteiger partial charge in [0.05, 0.1) is 5.52 Å². The summed E-state index contributed by atoms with van der Waals surface area (Å²) < 4.78 is 6.94. The molecule has 1 fully saturated rings. The minimum Gasteiger partial charge on any atom is -0.408 e. The third kappa shape index (κ3) is 5.39. The van der Waals surface area contributed by atoms with E-state index in [2.05, 4.69) is 36.3 Å². The number of urea groups is 1. The van der Waals surface area contributed by atoms with Gasteiger partial charge in [-0.25, -0.2) is 9.59 Å². The number of nitrogens with zero attached hydrogens (tertiary/aromatic N) is 3. The van der Waals surface area contributed by atoms with Crippen molar-refractivity contribution in [1.82, 2.24) is 19.7 Å². The molecule has 170 valence electrons. The van der Waals surface area contributed by atoms with Crippen LogP contribution in [0.4, 0.5) is 10.5 Å². The highest BCUT2D eigenvalue weighted by Crippen LogP contribution is 2.22. The van der Waals surface area contributed by atoms with Gasteiger partial charge in [0.1, 0.15) is 0 Å². The van der Waals surface area contributed by atoms with Gasteiger partial charge in [0.15, 0.2) is 10.7 Å². The van der Waals surface area contributed by atoms with Gasteiger partial charge >= 0.3 is 11.8 Å². The lowest BCUT2D eigenvalue weighted by molar-refractivity contribution is 0.170. The highest BCUT2D eigenvalue weighted by molar-refractivity contribution is 7.80. The second kappa shape index (κ2) is 8.90. The first-order valence-electron chi connectivity index (χ1n) is 10.7. The number of anilines is 1. The predicted octanol–water partition coefficient (Wildman–Crippen LogP) is 3.78. The van der Waals surface area contributed by atoms with E-state index in [9.17, 15) is 9.59 Å². The number of thiocarbonyl (C=S) groups is 1. The highest BCUT2D eigenvalue weighted by Gasteiger charge is 2.27. The molecule has 1 aromatic carbocycles. The van der Waals surface area contributed by atoms with E-state index in [1.165, 1.54) is 0 Å². The number of amides is 2. The molecule has 31 heavy (non-hydrogen) atoms. The van der Waals surface area contributed by atoms with Crippen molar-refractivity contribution in [2.75, 3.05) is 25.5 Å². The Bertz CT molecular complexity index is 1010. The molecule has 9 heteroatoms. The van der Waals surface area contributed by atoms with Crippen molar-refractivity contribution in [3.63, 3.8) is 0 Å². The molecule has 1 aliphatic heterocycles. The van der Waals surface area contributed by atoms with Crippen LogP contribution in [0.25, 0.3) is 11.1 Å².